The molecule has 0 saturated heterocycles. The first-order valence-electron chi connectivity index (χ1n) is 9.43. The molecule has 30 heavy (non-hydrogen) atoms. The van der Waals surface area contributed by atoms with Crippen LogP contribution in [0.1, 0.15) is 55.6 Å². The molecule has 1 aliphatic rings. The Kier molecular flexibility index (Phi) is 6.74. The van der Waals surface area contributed by atoms with Crippen molar-refractivity contribution in [2.24, 2.45) is 0 Å². The zero-order valence-corrected chi connectivity index (χ0v) is 18.9. The molecular weight excluding hydrogens is 429 g/mol. The Labute approximate surface area is 185 Å². The molecule has 1 aliphatic heterocycles. The average molecular weight is 452 g/mol. The van der Waals surface area contributed by atoms with Gasteiger partial charge in [0.15, 0.2) is 5.70 Å². The maximum absolute atomic E-state index is 12.6. The third-order valence-corrected chi connectivity index (χ3v) is 5.44. The van der Waals surface area contributed by atoms with E-state index in [9.17, 15) is 4.79 Å². The summed E-state index contributed by atoms with van der Waals surface area (Å²) >= 11 is 12.0. The van der Waals surface area contributed by atoms with Crippen LogP contribution in [0.4, 0.5) is 0 Å². The molecule has 1 N–H and O–H groups in total. The zero-order chi connectivity index (χ0) is 22.0. The number of hydrogen-bond donors (Lipinski definition) is 1. The molecule has 0 fully saturated rings. The summed E-state index contributed by atoms with van der Waals surface area (Å²) in [5.41, 5.74) is 6.14. The fraction of sp³-hybridized carbons (Fsp3) is 0.421. The van der Waals surface area contributed by atoms with Crippen LogP contribution in [0.5, 0.6) is 0 Å². The van der Waals surface area contributed by atoms with Gasteiger partial charge in [-0.2, -0.15) is 0 Å². The lowest BCUT2D eigenvalue weighted by Gasteiger charge is -2.31. The summed E-state index contributed by atoms with van der Waals surface area (Å²) in [6.07, 6.45) is 4.88. The number of halogens is 2. The van der Waals surface area contributed by atoms with Crippen LogP contribution in [0, 0.1) is 13.8 Å². The number of hydrogen-bond acceptors (Lipinski definition) is 9. The number of aromatic nitrogens is 4. The van der Waals surface area contributed by atoms with Gasteiger partial charge in [0.2, 0.25) is 0 Å². The second-order valence-electron chi connectivity index (χ2n) is 6.81. The second-order valence-corrected chi connectivity index (χ2v) is 7.52. The maximum atomic E-state index is 12.6. The van der Waals surface area contributed by atoms with Crippen LogP contribution in [0.2, 0.25) is 10.3 Å². The van der Waals surface area contributed by atoms with E-state index in [1.165, 1.54) is 0 Å². The van der Waals surface area contributed by atoms with E-state index in [2.05, 4.69) is 25.5 Å². The summed E-state index contributed by atoms with van der Waals surface area (Å²) in [4.78, 5) is 29.9. The van der Waals surface area contributed by atoms with Crippen molar-refractivity contribution in [2.75, 3.05) is 6.61 Å². The van der Waals surface area contributed by atoms with E-state index in [4.69, 9.17) is 27.9 Å². The smallest absolute Gasteiger partial charge is 0.357 e. The lowest BCUT2D eigenvalue weighted by molar-refractivity contribution is -0.141. The molecule has 3 rings (SSSR count). The summed E-state index contributed by atoms with van der Waals surface area (Å²) in [6, 6.07) is -0.576. The Hall–Kier alpha value is -2.49. The Morgan fingerprint density at radius 3 is 2.10 bits per heavy atom. The number of hydrazine groups is 2. The second kappa shape index (κ2) is 9.11. The van der Waals surface area contributed by atoms with Crippen molar-refractivity contribution in [3.63, 3.8) is 0 Å². The first-order valence-corrected chi connectivity index (χ1v) is 10.2. The molecule has 0 radical (unpaired) electrons. The molecule has 0 aliphatic carbocycles. The molecule has 2 aromatic heterocycles. The van der Waals surface area contributed by atoms with Gasteiger partial charge in [-0.25, -0.2) is 14.8 Å². The summed E-state index contributed by atoms with van der Waals surface area (Å²) < 4.78 is 5.24. The molecule has 0 spiro atoms. The number of ether oxygens (including phenoxy) is 1. The van der Waals surface area contributed by atoms with Crippen LogP contribution < -0.4 is 5.53 Å². The first-order chi connectivity index (χ1) is 14.2. The molecule has 2 unspecified atom stereocenters. The Morgan fingerprint density at radius 1 is 1.07 bits per heavy atom. The minimum Gasteiger partial charge on any atom is -0.461 e. The van der Waals surface area contributed by atoms with Gasteiger partial charge in [-0.3, -0.25) is 20.0 Å². The third kappa shape index (κ3) is 4.48. The van der Waals surface area contributed by atoms with E-state index >= 15 is 0 Å². The molecule has 11 heteroatoms. The lowest BCUT2D eigenvalue weighted by atomic mass is 10.2. The van der Waals surface area contributed by atoms with Crippen molar-refractivity contribution in [3.05, 3.63) is 57.4 Å². The highest BCUT2D eigenvalue weighted by atomic mass is 35.5. The number of esters is 1. The van der Waals surface area contributed by atoms with Crippen molar-refractivity contribution >= 4 is 29.2 Å². The Morgan fingerprint density at radius 2 is 1.60 bits per heavy atom. The van der Waals surface area contributed by atoms with Crippen LogP contribution >= 0.6 is 23.2 Å². The first kappa shape index (κ1) is 22.2. The van der Waals surface area contributed by atoms with Gasteiger partial charge >= 0.3 is 5.97 Å². The van der Waals surface area contributed by atoms with Crippen LogP contribution in [-0.4, -0.2) is 42.5 Å². The van der Waals surface area contributed by atoms with E-state index in [0.29, 0.717) is 38.8 Å². The molecule has 0 saturated carbocycles. The minimum absolute atomic E-state index is 0.242. The van der Waals surface area contributed by atoms with Crippen molar-refractivity contribution in [1.29, 1.82) is 0 Å². The fourth-order valence-electron chi connectivity index (χ4n) is 2.90. The number of carbonyl (C=O) groups excluding carboxylic acids is 1. The van der Waals surface area contributed by atoms with Gasteiger partial charge in [-0.15, -0.1) is 5.53 Å². The van der Waals surface area contributed by atoms with E-state index in [1.807, 2.05) is 13.8 Å². The summed E-state index contributed by atoms with van der Waals surface area (Å²) in [7, 11) is 0. The number of carbonyl (C=O) groups is 1. The molecule has 2 atom stereocenters. The monoisotopic (exact) mass is 451 g/mol. The summed E-state index contributed by atoms with van der Waals surface area (Å²) in [5.74, 6) is -0.455. The largest absolute Gasteiger partial charge is 0.461 e. The molecule has 0 aromatic carbocycles. The normalized spacial score (nSPS) is 15.8. The van der Waals surface area contributed by atoms with Crippen LogP contribution in [0.3, 0.4) is 0 Å². The topological polar surface area (TPSA) is 96.4 Å². The molecule has 0 bridgehead atoms. The summed E-state index contributed by atoms with van der Waals surface area (Å²) in [5, 5.41) is 4.14. The molecule has 3 heterocycles. The van der Waals surface area contributed by atoms with Crippen molar-refractivity contribution in [3.8, 4) is 0 Å². The third-order valence-electron chi connectivity index (χ3n) is 4.70. The lowest BCUT2D eigenvalue weighted by Crippen LogP contribution is -2.44. The molecule has 160 valence electrons. The Bertz CT molecular complexity index is 985. The highest BCUT2D eigenvalue weighted by molar-refractivity contribution is 6.30. The molecule has 0 amide bonds. The Balaban J connectivity index is 1.91. The van der Waals surface area contributed by atoms with Gasteiger partial charge in [-0.1, -0.05) is 23.2 Å². The number of rotatable bonds is 6. The molecule has 9 nitrogen and oxygen atoms in total. The number of nitrogens with zero attached hydrogens (tertiary/aromatic N) is 6. The van der Waals surface area contributed by atoms with Gasteiger partial charge in [0.05, 0.1) is 60.1 Å². The zero-order valence-electron chi connectivity index (χ0n) is 17.3. The summed E-state index contributed by atoms with van der Waals surface area (Å²) in [6.45, 7) is 9.42. The SMILES string of the molecule is CCOC(=O)C1=CN(C(C)c2cnc(Cl)c(C)n2)NN1C(C)c1cnc(Cl)c(C)n1. The highest BCUT2D eigenvalue weighted by Gasteiger charge is 2.34. The quantitative estimate of drug-likeness (QED) is 0.661. The average Bonchev–Trinajstić information content (AvgIpc) is 3.16. The maximum Gasteiger partial charge on any atom is 0.357 e. The standard InChI is InChI=1S/C19H23Cl2N7O2/c1-6-30-19(29)16-9-27(12(4)14-7-22-17(20)10(2)24-14)26-28(16)13(5)15-8-23-18(21)11(3)25-15/h7-9,12-13,26H,6H2,1-5H3. The van der Waals surface area contributed by atoms with Crippen molar-refractivity contribution < 1.29 is 9.53 Å². The number of aryl methyl sites for hydroxylation is 2. The van der Waals surface area contributed by atoms with Gasteiger partial charge in [-0.05, 0) is 34.6 Å². The molecule has 2 aromatic rings. The van der Waals surface area contributed by atoms with Gasteiger partial charge in [0.1, 0.15) is 10.3 Å². The van der Waals surface area contributed by atoms with E-state index in [-0.39, 0.29) is 18.7 Å². The van der Waals surface area contributed by atoms with Gasteiger partial charge in [0.25, 0.3) is 0 Å². The molecular formula is C19H23Cl2N7O2. The fourth-order valence-corrected chi connectivity index (χ4v) is 3.08. The van der Waals surface area contributed by atoms with E-state index < -0.39 is 5.97 Å². The number of nitrogens with one attached hydrogen (secondary N) is 1. The predicted molar refractivity (Wildman–Crippen MR) is 112 cm³/mol. The highest BCUT2D eigenvalue weighted by Crippen LogP contribution is 2.30. The van der Waals surface area contributed by atoms with Crippen molar-refractivity contribution in [1.82, 2.24) is 35.5 Å². The van der Waals surface area contributed by atoms with Gasteiger partial charge < -0.3 is 4.74 Å². The van der Waals surface area contributed by atoms with Gasteiger partial charge in [0, 0.05) is 0 Å². The van der Waals surface area contributed by atoms with E-state index in [1.54, 1.807) is 49.4 Å². The van der Waals surface area contributed by atoms with Crippen LogP contribution in [-0.2, 0) is 9.53 Å². The van der Waals surface area contributed by atoms with Crippen molar-refractivity contribution in [2.45, 2.75) is 46.7 Å². The van der Waals surface area contributed by atoms with Crippen LogP contribution in [0.25, 0.3) is 0 Å². The minimum atomic E-state index is -0.455. The van der Waals surface area contributed by atoms with E-state index in [0.717, 1.165) is 0 Å². The predicted octanol–water partition coefficient (Wildman–Crippen LogP) is 3.45. The van der Waals surface area contributed by atoms with Crippen LogP contribution in [0.15, 0.2) is 24.3 Å².